The number of carbonyl (C=O) groups excluding carboxylic acids is 1. The summed E-state index contributed by atoms with van der Waals surface area (Å²) >= 11 is 6.04. The number of pyridine rings is 1. The van der Waals surface area contributed by atoms with E-state index in [2.05, 4.69) is 10.3 Å². The van der Waals surface area contributed by atoms with Crippen LogP contribution in [0, 0.1) is 0 Å². The van der Waals surface area contributed by atoms with E-state index in [9.17, 15) is 4.79 Å². The molecular formula is C13H20ClN3O2. The van der Waals surface area contributed by atoms with Crippen molar-refractivity contribution in [3.8, 4) is 0 Å². The fraction of sp³-hybridized carbons (Fsp3) is 0.538. The number of anilines is 1. The third-order valence-corrected chi connectivity index (χ3v) is 2.99. The lowest BCUT2D eigenvalue weighted by molar-refractivity contribution is 0.0664. The lowest BCUT2D eigenvalue weighted by Crippen LogP contribution is -2.34. The minimum Gasteiger partial charge on any atom is -0.380 e. The smallest absolute Gasteiger partial charge is 0.274 e. The van der Waals surface area contributed by atoms with Crippen molar-refractivity contribution in [1.82, 2.24) is 9.88 Å². The Morgan fingerprint density at radius 1 is 1.47 bits per heavy atom. The molecule has 5 nitrogen and oxygen atoms in total. The predicted octanol–water partition coefficient (Wildman–Crippen LogP) is 2.28. The first-order valence-corrected chi connectivity index (χ1v) is 6.73. The average Bonchev–Trinajstić information content (AvgIpc) is 2.43. The van der Waals surface area contributed by atoms with Crippen LogP contribution in [0.25, 0.3) is 0 Å². The Kier molecular flexibility index (Phi) is 6.59. The number of halogens is 1. The quantitative estimate of drug-likeness (QED) is 0.781. The number of likely N-dealkylation sites (N-methyl/N-ethyl adjacent to an activating group) is 1. The van der Waals surface area contributed by atoms with Gasteiger partial charge in [0.25, 0.3) is 5.91 Å². The van der Waals surface area contributed by atoms with Crippen LogP contribution < -0.4 is 5.32 Å². The summed E-state index contributed by atoms with van der Waals surface area (Å²) < 4.78 is 5.27. The molecule has 0 radical (unpaired) electrons. The molecule has 1 aromatic rings. The van der Waals surface area contributed by atoms with Gasteiger partial charge in [0.05, 0.1) is 11.6 Å². The number of rotatable bonds is 7. The first-order chi connectivity index (χ1) is 9.13. The molecule has 0 aliphatic rings. The van der Waals surface area contributed by atoms with Crippen LogP contribution in [0.5, 0.6) is 0 Å². The van der Waals surface area contributed by atoms with Gasteiger partial charge in [-0.2, -0.15) is 0 Å². The molecule has 6 heteroatoms. The summed E-state index contributed by atoms with van der Waals surface area (Å²) in [5, 5.41) is 3.25. The molecule has 0 aromatic carbocycles. The Morgan fingerprint density at radius 2 is 2.21 bits per heavy atom. The maximum Gasteiger partial charge on any atom is 0.274 e. The number of aromatic nitrogens is 1. The summed E-state index contributed by atoms with van der Waals surface area (Å²) in [5.41, 5.74) is 0.270. The molecule has 0 atom stereocenters. The van der Waals surface area contributed by atoms with Crippen molar-refractivity contribution in [3.05, 3.63) is 22.8 Å². The average molecular weight is 286 g/mol. The fourth-order valence-electron chi connectivity index (χ4n) is 1.60. The highest BCUT2D eigenvalue weighted by molar-refractivity contribution is 6.33. The topological polar surface area (TPSA) is 54.5 Å². The molecule has 19 heavy (non-hydrogen) atoms. The molecule has 1 amide bonds. The van der Waals surface area contributed by atoms with Crippen LogP contribution in [0.15, 0.2) is 12.1 Å². The molecule has 0 unspecified atom stereocenters. The maximum atomic E-state index is 12.4. The van der Waals surface area contributed by atoms with E-state index in [0.717, 1.165) is 0 Å². The zero-order chi connectivity index (χ0) is 14.3. The van der Waals surface area contributed by atoms with Gasteiger partial charge in [0, 0.05) is 26.7 Å². The van der Waals surface area contributed by atoms with Gasteiger partial charge in [0.2, 0.25) is 0 Å². The summed E-state index contributed by atoms with van der Waals surface area (Å²) in [6, 6.07) is 3.40. The SMILES string of the molecule is CCOCCN(CC)C(=O)c1nc(NC)ccc1Cl. The fourth-order valence-corrected chi connectivity index (χ4v) is 1.79. The van der Waals surface area contributed by atoms with Gasteiger partial charge < -0.3 is 15.0 Å². The molecule has 0 saturated carbocycles. The zero-order valence-electron chi connectivity index (χ0n) is 11.6. The summed E-state index contributed by atoms with van der Waals surface area (Å²) in [7, 11) is 1.75. The van der Waals surface area contributed by atoms with Crippen molar-refractivity contribution in [2.45, 2.75) is 13.8 Å². The van der Waals surface area contributed by atoms with Crippen molar-refractivity contribution in [3.63, 3.8) is 0 Å². The van der Waals surface area contributed by atoms with Crippen LogP contribution in [-0.4, -0.2) is 49.1 Å². The summed E-state index contributed by atoms with van der Waals surface area (Å²) in [5.74, 6) is 0.443. The van der Waals surface area contributed by atoms with Gasteiger partial charge in [0.1, 0.15) is 11.5 Å². The highest BCUT2D eigenvalue weighted by Crippen LogP contribution is 2.18. The van der Waals surface area contributed by atoms with Crippen LogP contribution in [0.4, 0.5) is 5.82 Å². The Balaban J connectivity index is 2.84. The first kappa shape index (κ1) is 15.7. The minimum atomic E-state index is -0.177. The number of nitrogens with zero attached hydrogens (tertiary/aromatic N) is 2. The van der Waals surface area contributed by atoms with Gasteiger partial charge in [-0.3, -0.25) is 4.79 Å². The van der Waals surface area contributed by atoms with Gasteiger partial charge in [-0.25, -0.2) is 4.98 Å². The largest absolute Gasteiger partial charge is 0.380 e. The molecule has 0 spiro atoms. The van der Waals surface area contributed by atoms with Crippen molar-refractivity contribution in [1.29, 1.82) is 0 Å². The number of ether oxygens (including phenoxy) is 1. The molecule has 1 heterocycles. The molecule has 1 N–H and O–H groups in total. The first-order valence-electron chi connectivity index (χ1n) is 6.35. The van der Waals surface area contributed by atoms with E-state index in [1.54, 1.807) is 24.1 Å². The van der Waals surface area contributed by atoms with E-state index < -0.39 is 0 Å². The summed E-state index contributed by atoms with van der Waals surface area (Å²) in [6.45, 7) is 6.12. The second-order valence-corrected chi connectivity index (χ2v) is 4.27. The number of amides is 1. The predicted molar refractivity (Wildman–Crippen MR) is 76.9 cm³/mol. The van der Waals surface area contributed by atoms with Gasteiger partial charge in [-0.15, -0.1) is 0 Å². The molecule has 0 fully saturated rings. The van der Waals surface area contributed by atoms with Gasteiger partial charge in [-0.1, -0.05) is 11.6 Å². The molecule has 0 saturated heterocycles. The third-order valence-electron chi connectivity index (χ3n) is 2.68. The summed E-state index contributed by atoms with van der Waals surface area (Å²) in [6.07, 6.45) is 0. The van der Waals surface area contributed by atoms with Crippen LogP contribution in [0.2, 0.25) is 5.02 Å². The van der Waals surface area contributed by atoms with E-state index in [0.29, 0.717) is 37.1 Å². The van der Waals surface area contributed by atoms with E-state index in [4.69, 9.17) is 16.3 Å². The zero-order valence-corrected chi connectivity index (χ0v) is 12.3. The van der Waals surface area contributed by atoms with Gasteiger partial charge >= 0.3 is 0 Å². The lowest BCUT2D eigenvalue weighted by Gasteiger charge is -2.21. The molecule has 0 bridgehead atoms. The van der Waals surface area contributed by atoms with Crippen LogP contribution >= 0.6 is 11.6 Å². The molecular weight excluding hydrogens is 266 g/mol. The van der Waals surface area contributed by atoms with Crippen molar-refractivity contribution < 1.29 is 9.53 Å². The Morgan fingerprint density at radius 3 is 2.79 bits per heavy atom. The highest BCUT2D eigenvalue weighted by Gasteiger charge is 2.19. The standard InChI is InChI=1S/C13H20ClN3O2/c1-4-17(8-9-19-5-2)13(18)12-10(14)6-7-11(15-3)16-12/h6-7H,4-5,8-9H2,1-3H3,(H,15,16). The van der Waals surface area contributed by atoms with Crippen molar-refractivity contribution in [2.24, 2.45) is 0 Å². The van der Waals surface area contributed by atoms with E-state index in [-0.39, 0.29) is 11.6 Å². The second kappa shape index (κ2) is 7.96. The number of carbonyl (C=O) groups is 1. The number of hydrogen-bond donors (Lipinski definition) is 1. The van der Waals surface area contributed by atoms with Crippen LogP contribution in [-0.2, 0) is 4.74 Å². The van der Waals surface area contributed by atoms with E-state index >= 15 is 0 Å². The Labute approximate surface area is 118 Å². The third kappa shape index (κ3) is 4.36. The van der Waals surface area contributed by atoms with Crippen molar-refractivity contribution >= 4 is 23.3 Å². The summed E-state index contributed by atoms with van der Waals surface area (Å²) in [4.78, 5) is 18.2. The molecule has 1 rings (SSSR count). The highest BCUT2D eigenvalue weighted by atomic mass is 35.5. The van der Waals surface area contributed by atoms with Gasteiger partial charge in [-0.05, 0) is 26.0 Å². The van der Waals surface area contributed by atoms with E-state index in [1.165, 1.54) is 0 Å². The van der Waals surface area contributed by atoms with Crippen LogP contribution in [0.3, 0.4) is 0 Å². The molecule has 0 aliphatic heterocycles. The van der Waals surface area contributed by atoms with Crippen LogP contribution in [0.1, 0.15) is 24.3 Å². The Hall–Kier alpha value is -1.33. The monoisotopic (exact) mass is 285 g/mol. The number of nitrogens with one attached hydrogen (secondary N) is 1. The van der Waals surface area contributed by atoms with Gasteiger partial charge in [0.15, 0.2) is 0 Å². The second-order valence-electron chi connectivity index (χ2n) is 3.86. The molecule has 106 valence electrons. The molecule has 0 aliphatic carbocycles. The van der Waals surface area contributed by atoms with E-state index in [1.807, 2.05) is 13.8 Å². The Bertz CT molecular complexity index is 426. The molecule has 1 aromatic heterocycles. The van der Waals surface area contributed by atoms with Crippen molar-refractivity contribution in [2.75, 3.05) is 38.7 Å². The normalized spacial score (nSPS) is 10.3. The minimum absolute atomic E-state index is 0.177. The maximum absolute atomic E-state index is 12.4. The lowest BCUT2D eigenvalue weighted by atomic mass is 10.3. The number of hydrogen-bond acceptors (Lipinski definition) is 4.